The molecule has 9 nitrogen and oxygen atoms in total. The van der Waals surface area contributed by atoms with Crippen LogP contribution in [0.2, 0.25) is 0 Å². The molecule has 7 rings (SSSR count). The fourth-order valence-corrected chi connectivity index (χ4v) is 9.95. The third kappa shape index (κ3) is 12.8. The molecule has 1 heterocycles. The predicted octanol–water partition coefficient (Wildman–Crippen LogP) is 16.3. The average Bonchev–Trinajstić information content (AvgIpc) is 3.67. The molecule has 0 atom stereocenters. The summed E-state index contributed by atoms with van der Waals surface area (Å²) in [5.74, 6) is 1.53. The third-order valence-corrected chi connectivity index (χ3v) is 13.6. The molecule has 0 saturated carbocycles. The lowest BCUT2D eigenvalue weighted by molar-refractivity contribution is -0.137. The van der Waals surface area contributed by atoms with Gasteiger partial charge in [-0.2, -0.15) is 10.5 Å². The SMILES string of the molecule is CCCCCCC1(CCCCCC)c2cc(/C=C/C3=CC(=C(C#N)C#N)C=C(/C=C/c4cc(OC)c(OCCCCCC(=O)O)c(OC)c4)O3)ccc2-c2ccc(N(c3ccccc3)c3ccccc3)cc21. The number of ether oxygens (including phenoxy) is 4. The highest BCUT2D eigenvalue weighted by Gasteiger charge is 2.43. The molecule has 0 spiro atoms. The van der Waals surface area contributed by atoms with Gasteiger partial charge in [-0.3, -0.25) is 4.79 Å². The smallest absolute Gasteiger partial charge is 0.303 e. The number of methoxy groups -OCH3 is 2. The summed E-state index contributed by atoms with van der Waals surface area (Å²) < 4.78 is 23.9. The van der Waals surface area contributed by atoms with Gasteiger partial charge in [0.05, 0.1) is 20.8 Å². The summed E-state index contributed by atoms with van der Waals surface area (Å²) in [7, 11) is 3.12. The number of unbranched alkanes of at least 4 members (excludes halogenated alkanes) is 8. The van der Waals surface area contributed by atoms with E-state index in [1.807, 2.05) is 24.3 Å². The van der Waals surface area contributed by atoms with Gasteiger partial charge < -0.3 is 29.0 Å². The first-order chi connectivity index (χ1) is 35.2. The Labute approximate surface area is 426 Å². The molecule has 1 aliphatic carbocycles. The minimum absolute atomic E-state index is 0.0217. The number of carbonyl (C=O) groups is 1. The van der Waals surface area contributed by atoms with Crippen molar-refractivity contribution in [3.05, 3.63) is 178 Å². The lowest BCUT2D eigenvalue weighted by Gasteiger charge is -2.34. The van der Waals surface area contributed by atoms with Gasteiger partial charge in [0, 0.05) is 34.5 Å². The van der Waals surface area contributed by atoms with Crippen molar-refractivity contribution in [2.24, 2.45) is 0 Å². The van der Waals surface area contributed by atoms with E-state index in [2.05, 4.69) is 134 Å². The second kappa shape index (κ2) is 25.9. The maximum atomic E-state index is 10.9. The van der Waals surface area contributed by atoms with Crippen molar-refractivity contribution in [2.75, 3.05) is 25.7 Å². The molecule has 0 unspecified atom stereocenters. The van der Waals surface area contributed by atoms with Gasteiger partial charge in [-0.25, -0.2) is 0 Å². The molecule has 9 heteroatoms. The zero-order chi connectivity index (χ0) is 50.7. The van der Waals surface area contributed by atoms with E-state index < -0.39 is 5.97 Å². The molecule has 0 amide bonds. The van der Waals surface area contributed by atoms with Crippen LogP contribution in [0.3, 0.4) is 0 Å². The predicted molar refractivity (Wildman–Crippen MR) is 290 cm³/mol. The van der Waals surface area contributed by atoms with Gasteiger partial charge in [-0.05, 0) is 138 Å². The quantitative estimate of drug-likeness (QED) is 0.0426. The minimum Gasteiger partial charge on any atom is -0.493 e. The third-order valence-electron chi connectivity index (χ3n) is 13.6. The highest BCUT2D eigenvalue weighted by atomic mass is 16.5. The Kier molecular flexibility index (Phi) is 18.7. The standard InChI is InChI=1S/C63H67N3O6/c1-5-7-9-19-35-63(36-20-10-8-6-2)57-38-46(29-33-55(57)56-34-30-52(43-58(56)63)66(50-22-14-11-15-23-50)51-24-16-12-17-25-51)27-31-53-41-48(49(44-64)45-65)42-54(72-53)32-28-47-39-59(69-3)62(60(40-47)70-4)71-37-21-13-18-26-61(67)68/h11-12,14-17,22-25,27-34,38-43H,5-10,13,18-21,26,35-37H2,1-4H3,(H,67,68)/b31-27+,32-28+. The van der Waals surface area contributed by atoms with Crippen molar-refractivity contribution >= 4 is 35.2 Å². The summed E-state index contributed by atoms with van der Waals surface area (Å²) in [6, 6.07) is 43.0. The number of para-hydroxylation sites is 2. The van der Waals surface area contributed by atoms with Crippen LogP contribution in [0.1, 0.15) is 126 Å². The number of carboxylic acid groups (broad SMARTS) is 1. The van der Waals surface area contributed by atoms with Crippen LogP contribution in [-0.2, 0) is 14.9 Å². The van der Waals surface area contributed by atoms with E-state index in [9.17, 15) is 15.3 Å². The molecule has 0 fully saturated rings. The van der Waals surface area contributed by atoms with E-state index >= 15 is 0 Å². The molecule has 1 aliphatic heterocycles. The monoisotopic (exact) mass is 962 g/mol. The van der Waals surface area contributed by atoms with Crippen molar-refractivity contribution in [3.63, 3.8) is 0 Å². The zero-order valence-corrected chi connectivity index (χ0v) is 42.3. The highest BCUT2D eigenvalue weighted by molar-refractivity contribution is 5.86. The van der Waals surface area contributed by atoms with Crippen molar-refractivity contribution in [1.29, 1.82) is 10.5 Å². The number of rotatable bonds is 26. The van der Waals surface area contributed by atoms with Crippen LogP contribution >= 0.6 is 0 Å². The summed E-state index contributed by atoms with van der Waals surface area (Å²) in [6.07, 6.45) is 24.7. The second-order valence-corrected chi connectivity index (χ2v) is 18.5. The van der Waals surface area contributed by atoms with Crippen molar-refractivity contribution < 1.29 is 28.8 Å². The van der Waals surface area contributed by atoms with E-state index in [0.717, 1.165) is 60.3 Å². The summed E-state index contributed by atoms with van der Waals surface area (Å²) in [4.78, 5) is 13.3. The lowest BCUT2D eigenvalue weighted by Crippen LogP contribution is -2.26. The molecule has 0 bridgehead atoms. The Morgan fingerprint density at radius 1 is 0.625 bits per heavy atom. The van der Waals surface area contributed by atoms with Crippen molar-refractivity contribution in [1.82, 2.24) is 0 Å². The van der Waals surface area contributed by atoms with E-state index in [1.165, 1.54) is 60.8 Å². The molecule has 5 aromatic carbocycles. The molecule has 1 N–H and O–H groups in total. The number of nitriles is 2. The molecule has 0 aromatic heterocycles. The second-order valence-electron chi connectivity index (χ2n) is 18.5. The number of aliphatic carboxylic acids is 1. The van der Waals surface area contributed by atoms with Crippen LogP contribution in [0.25, 0.3) is 23.3 Å². The lowest BCUT2D eigenvalue weighted by atomic mass is 9.70. The van der Waals surface area contributed by atoms with Gasteiger partial charge in [0.25, 0.3) is 0 Å². The van der Waals surface area contributed by atoms with Gasteiger partial charge in [-0.1, -0.05) is 138 Å². The van der Waals surface area contributed by atoms with E-state index in [-0.39, 0.29) is 17.4 Å². The Hall–Kier alpha value is -7.75. The maximum absolute atomic E-state index is 10.9. The summed E-state index contributed by atoms with van der Waals surface area (Å²) in [5.41, 5.74) is 10.8. The molecule has 370 valence electrons. The fraction of sp³-hybridized carbons (Fsp3) is 0.317. The van der Waals surface area contributed by atoms with Crippen LogP contribution in [0, 0.1) is 22.7 Å². The first kappa shape index (κ1) is 52.1. The van der Waals surface area contributed by atoms with Crippen molar-refractivity contribution in [3.8, 4) is 40.5 Å². The minimum atomic E-state index is -0.807. The average molecular weight is 962 g/mol. The highest BCUT2D eigenvalue weighted by Crippen LogP contribution is 2.56. The number of allylic oxidation sites excluding steroid dienone is 6. The fourth-order valence-electron chi connectivity index (χ4n) is 9.95. The number of nitrogens with zero attached hydrogens (tertiary/aromatic N) is 3. The molecular weight excluding hydrogens is 895 g/mol. The Bertz CT molecular complexity index is 2810. The van der Waals surface area contributed by atoms with Crippen LogP contribution in [0.15, 0.2) is 156 Å². The number of benzene rings is 5. The summed E-state index contributed by atoms with van der Waals surface area (Å²) >= 11 is 0. The Balaban J connectivity index is 1.21. The molecular formula is C63H67N3O6. The van der Waals surface area contributed by atoms with Gasteiger partial charge in [0.1, 0.15) is 29.2 Å². The van der Waals surface area contributed by atoms with Gasteiger partial charge in [-0.15, -0.1) is 0 Å². The number of anilines is 3. The largest absolute Gasteiger partial charge is 0.493 e. The zero-order valence-electron chi connectivity index (χ0n) is 42.3. The van der Waals surface area contributed by atoms with Crippen LogP contribution in [-0.4, -0.2) is 31.9 Å². The van der Waals surface area contributed by atoms with Crippen LogP contribution < -0.4 is 19.1 Å². The number of carboxylic acids is 1. The van der Waals surface area contributed by atoms with Crippen molar-refractivity contribution in [2.45, 2.75) is 109 Å². The normalized spacial score (nSPS) is 13.3. The van der Waals surface area contributed by atoms with Gasteiger partial charge in [0.15, 0.2) is 11.5 Å². The molecule has 72 heavy (non-hydrogen) atoms. The van der Waals surface area contributed by atoms with Gasteiger partial charge >= 0.3 is 5.97 Å². The van der Waals surface area contributed by atoms with E-state index in [0.29, 0.717) is 53.8 Å². The first-order valence-corrected chi connectivity index (χ1v) is 25.6. The van der Waals surface area contributed by atoms with E-state index in [1.54, 1.807) is 32.4 Å². The maximum Gasteiger partial charge on any atom is 0.303 e. The molecule has 5 aromatic rings. The van der Waals surface area contributed by atoms with Crippen LogP contribution in [0.5, 0.6) is 17.2 Å². The Morgan fingerprint density at radius 2 is 1.17 bits per heavy atom. The molecule has 2 aliphatic rings. The number of fused-ring (bicyclic) bond motifs is 3. The molecule has 0 saturated heterocycles. The van der Waals surface area contributed by atoms with E-state index in [4.69, 9.17) is 24.1 Å². The van der Waals surface area contributed by atoms with Crippen LogP contribution in [0.4, 0.5) is 17.1 Å². The summed E-state index contributed by atoms with van der Waals surface area (Å²) in [6.45, 7) is 4.93. The topological polar surface area (TPSA) is 125 Å². The first-order valence-electron chi connectivity index (χ1n) is 25.6. The number of hydrogen-bond acceptors (Lipinski definition) is 8. The Morgan fingerprint density at radius 3 is 1.71 bits per heavy atom. The number of hydrogen-bond donors (Lipinski definition) is 1. The summed E-state index contributed by atoms with van der Waals surface area (Å²) in [5, 5.41) is 28.9. The van der Waals surface area contributed by atoms with Gasteiger partial charge in [0.2, 0.25) is 5.75 Å². The molecule has 0 radical (unpaired) electrons.